The highest BCUT2D eigenvalue weighted by molar-refractivity contribution is 7.89. The molecule has 3 aromatic rings. The molecule has 0 amide bonds. The van der Waals surface area contributed by atoms with Crippen LogP contribution in [0.1, 0.15) is 25.2 Å². The van der Waals surface area contributed by atoms with E-state index in [2.05, 4.69) is 15.1 Å². The van der Waals surface area contributed by atoms with Crippen LogP contribution >= 0.6 is 11.6 Å². The SMILES string of the molecule is O=C(OCCCc1nc(-c2cccnc2)no1)C1CCCN(S(=O)(=O)c2ccc(Cl)cc2)C1. The summed E-state index contributed by atoms with van der Waals surface area (Å²) < 4.78 is 37.8. The van der Waals surface area contributed by atoms with Gasteiger partial charge in [0.25, 0.3) is 0 Å². The second-order valence-electron chi connectivity index (χ2n) is 7.68. The number of ether oxygens (including phenoxy) is 1. The van der Waals surface area contributed by atoms with Crippen LogP contribution in [-0.4, -0.2) is 53.5 Å². The van der Waals surface area contributed by atoms with Gasteiger partial charge in [-0.3, -0.25) is 9.78 Å². The number of carbonyl (C=O) groups excluding carboxylic acids is 1. The van der Waals surface area contributed by atoms with Gasteiger partial charge in [0.15, 0.2) is 0 Å². The fourth-order valence-electron chi connectivity index (χ4n) is 3.59. The number of halogens is 1. The second-order valence-corrected chi connectivity index (χ2v) is 10.1. The molecule has 1 aromatic carbocycles. The van der Waals surface area contributed by atoms with Crippen molar-refractivity contribution in [3.05, 3.63) is 59.7 Å². The van der Waals surface area contributed by atoms with Gasteiger partial charge in [-0.05, 0) is 55.7 Å². The van der Waals surface area contributed by atoms with Crippen LogP contribution in [0.4, 0.5) is 0 Å². The third-order valence-corrected chi connectivity index (χ3v) is 7.47. The Kier molecular flexibility index (Phi) is 7.36. The highest BCUT2D eigenvalue weighted by Gasteiger charge is 2.34. The van der Waals surface area contributed by atoms with Crippen LogP contribution in [0.25, 0.3) is 11.4 Å². The highest BCUT2D eigenvalue weighted by atomic mass is 35.5. The van der Waals surface area contributed by atoms with E-state index in [1.54, 1.807) is 18.5 Å². The Labute approximate surface area is 196 Å². The summed E-state index contributed by atoms with van der Waals surface area (Å²) in [5, 5.41) is 4.39. The van der Waals surface area contributed by atoms with E-state index in [0.717, 1.165) is 5.56 Å². The van der Waals surface area contributed by atoms with Crippen LogP contribution in [0.2, 0.25) is 5.02 Å². The zero-order valence-corrected chi connectivity index (χ0v) is 19.3. The number of aromatic nitrogens is 3. The zero-order chi connectivity index (χ0) is 23.3. The van der Waals surface area contributed by atoms with Crippen molar-refractivity contribution in [3.8, 4) is 11.4 Å². The smallest absolute Gasteiger partial charge is 0.310 e. The molecule has 0 aliphatic carbocycles. The van der Waals surface area contributed by atoms with Gasteiger partial charge in [0, 0.05) is 42.5 Å². The van der Waals surface area contributed by atoms with Gasteiger partial charge in [0.2, 0.25) is 21.7 Å². The number of hydrogen-bond acceptors (Lipinski definition) is 8. The first-order chi connectivity index (χ1) is 15.9. The molecule has 1 saturated heterocycles. The third-order valence-electron chi connectivity index (χ3n) is 5.34. The Morgan fingerprint density at radius 3 is 2.82 bits per heavy atom. The average molecular weight is 491 g/mol. The maximum atomic E-state index is 12.9. The van der Waals surface area contributed by atoms with Gasteiger partial charge in [-0.15, -0.1) is 0 Å². The monoisotopic (exact) mass is 490 g/mol. The zero-order valence-electron chi connectivity index (χ0n) is 17.8. The van der Waals surface area contributed by atoms with E-state index in [1.165, 1.54) is 28.6 Å². The van der Waals surface area contributed by atoms with Gasteiger partial charge in [0.05, 0.1) is 17.4 Å². The third kappa shape index (κ3) is 5.76. The molecule has 11 heteroatoms. The van der Waals surface area contributed by atoms with Crippen molar-refractivity contribution in [1.29, 1.82) is 0 Å². The molecule has 1 aliphatic heterocycles. The van der Waals surface area contributed by atoms with E-state index in [1.807, 2.05) is 6.07 Å². The first-order valence-corrected chi connectivity index (χ1v) is 12.4. The lowest BCUT2D eigenvalue weighted by molar-refractivity contribution is -0.149. The molecule has 0 radical (unpaired) electrons. The molecule has 1 atom stereocenters. The van der Waals surface area contributed by atoms with Crippen molar-refractivity contribution in [3.63, 3.8) is 0 Å². The predicted molar refractivity (Wildman–Crippen MR) is 120 cm³/mol. The number of sulfonamides is 1. The summed E-state index contributed by atoms with van der Waals surface area (Å²) in [7, 11) is -3.69. The van der Waals surface area contributed by atoms with Crippen LogP contribution < -0.4 is 0 Å². The molecular formula is C22H23ClN4O5S. The lowest BCUT2D eigenvalue weighted by atomic mass is 10.00. The van der Waals surface area contributed by atoms with E-state index < -0.39 is 21.9 Å². The van der Waals surface area contributed by atoms with Gasteiger partial charge in [0.1, 0.15) is 0 Å². The minimum atomic E-state index is -3.69. The standard InChI is InChI=1S/C22H23ClN4O5S/c23-18-7-9-19(10-8-18)33(29,30)27-12-2-5-17(15-27)22(28)31-13-3-6-20-25-21(26-32-20)16-4-1-11-24-14-16/h1,4,7-11,14,17H,2-3,5-6,12-13,15H2. The van der Waals surface area contributed by atoms with Crippen molar-refractivity contribution < 1.29 is 22.5 Å². The number of nitrogens with zero attached hydrogens (tertiary/aromatic N) is 4. The molecule has 2 aromatic heterocycles. The summed E-state index contributed by atoms with van der Waals surface area (Å²) in [6.07, 6.45) is 5.46. The van der Waals surface area contributed by atoms with Crippen molar-refractivity contribution in [2.75, 3.05) is 19.7 Å². The van der Waals surface area contributed by atoms with Crippen LogP contribution in [0.15, 0.2) is 58.2 Å². The minimum Gasteiger partial charge on any atom is -0.465 e. The number of aryl methyl sites for hydroxylation is 1. The molecule has 0 bridgehead atoms. The molecule has 33 heavy (non-hydrogen) atoms. The number of hydrogen-bond donors (Lipinski definition) is 0. The van der Waals surface area contributed by atoms with Crippen LogP contribution in [-0.2, 0) is 26.0 Å². The van der Waals surface area contributed by atoms with E-state index in [4.69, 9.17) is 20.9 Å². The summed E-state index contributed by atoms with van der Waals surface area (Å²) in [5.74, 6) is 0.0103. The van der Waals surface area contributed by atoms with Crippen LogP contribution in [0.5, 0.6) is 0 Å². The number of esters is 1. The van der Waals surface area contributed by atoms with Crippen molar-refractivity contribution in [2.45, 2.75) is 30.6 Å². The molecule has 4 rings (SSSR count). The molecular weight excluding hydrogens is 468 g/mol. The number of benzene rings is 1. The number of rotatable bonds is 8. The van der Waals surface area contributed by atoms with Gasteiger partial charge in [-0.2, -0.15) is 9.29 Å². The van der Waals surface area contributed by atoms with E-state index in [0.29, 0.717) is 49.0 Å². The summed E-state index contributed by atoms with van der Waals surface area (Å²) in [6.45, 7) is 0.650. The Bertz CT molecular complexity index is 1190. The first kappa shape index (κ1) is 23.3. The second kappa shape index (κ2) is 10.4. The maximum Gasteiger partial charge on any atom is 0.310 e. The molecule has 0 spiro atoms. The Morgan fingerprint density at radius 1 is 1.24 bits per heavy atom. The number of piperidine rings is 1. The fourth-order valence-corrected chi connectivity index (χ4v) is 5.24. The van der Waals surface area contributed by atoms with Gasteiger partial charge >= 0.3 is 5.97 Å². The Morgan fingerprint density at radius 2 is 2.06 bits per heavy atom. The molecule has 0 saturated carbocycles. The molecule has 3 heterocycles. The van der Waals surface area contributed by atoms with Gasteiger partial charge in [-0.1, -0.05) is 16.8 Å². The lowest BCUT2D eigenvalue weighted by Gasteiger charge is -2.30. The molecule has 1 aliphatic rings. The van der Waals surface area contributed by atoms with Gasteiger partial charge in [-0.25, -0.2) is 8.42 Å². The largest absolute Gasteiger partial charge is 0.465 e. The van der Waals surface area contributed by atoms with Gasteiger partial charge < -0.3 is 9.26 Å². The molecule has 9 nitrogen and oxygen atoms in total. The van der Waals surface area contributed by atoms with E-state index in [9.17, 15) is 13.2 Å². The molecule has 174 valence electrons. The maximum absolute atomic E-state index is 12.9. The Hall–Kier alpha value is -2.82. The quantitative estimate of drug-likeness (QED) is 0.348. The molecule has 1 unspecified atom stereocenters. The summed E-state index contributed by atoms with van der Waals surface area (Å²) >= 11 is 5.86. The minimum absolute atomic E-state index is 0.0991. The van der Waals surface area contributed by atoms with Crippen molar-refractivity contribution in [2.24, 2.45) is 5.92 Å². The molecule has 1 fully saturated rings. The summed E-state index contributed by atoms with van der Waals surface area (Å²) in [6, 6.07) is 9.63. The predicted octanol–water partition coefficient (Wildman–Crippen LogP) is 3.36. The first-order valence-electron chi connectivity index (χ1n) is 10.6. The number of carbonyl (C=O) groups is 1. The highest BCUT2D eigenvalue weighted by Crippen LogP contribution is 2.25. The number of pyridine rings is 1. The van der Waals surface area contributed by atoms with Crippen molar-refractivity contribution >= 4 is 27.6 Å². The average Bonchev–Trinajstić information content (AvgIpc) is 3.32. The normalized spacial score (nSPS) is 17.1. The summed E-state index contributed by atoms with van der Waals surface area (Å²) in [5.41, 5.74) is 0.759. The molecule has 0 N–H and O–H groups in total. The summed E-state index contributed by atoms with van der Waals surface area (Å²) in [4.78, 5) is 21.0. The fraction of sp³-hybridized carbons (Fsp3) is 0.364. The van der Waals surface area contributed by atoms with Crippen LogP contribution in [0.3, 0.4) is 0 Å². The lowest BCUT2D eigenvalue weighted by Crippen LogP contribution is -2.42. The van der Waals surface area contributed by atoms with Crippen LogP contribution in [0, 0.1) is 5.92 Å². The Balaban J connectivity index is 1.26. The van der Waals surface area contributed by atoms with E-state index in [-0.39, 0.29) is 18.0 Å². The van der Waals surface area contributed by atoms with Crippen molar-refractivity contribution in [1.82, 2.24) is 19.4 Å². The topological polar surface area (TPSA) is 115 Å². The van der Waals surface area contributed by atoms with E-state index >= 15 is 0 Å².